The summed E-state index contributed by atoms with van der Waals surface area (Å²) >= 11 is 0. The van der Waals surface area contributed by atoms with Crippen molar-refractivity contribution in [3.8, 4) is 0 Å². The monoisotopic (exact) mass is 810 g/mol. The van der Waals surface area contributed by atoms with Crippen LogP contribution < -0.4 is 0 Å². The van der Waals surface area contributed by atoms with E-state index in [-0.39, 0.29) is 52.0 Å². The van der Waals surface area contributed by atoms with Gasteiger partial charge >= 0.3 is 5.97 Å². The number of fused-ring (bicyclic) bond motifs is 6. The molecule has 0 heterocycles. The van der Waals surface area contributed by atoms with E-state index in [2.05, 4.69) is 79.0 Å². The third-order valence-corrected chi connectivity index (χ3v) is 16.2. The number of hydrogen-bond acceptors (Lipinski definition) is 8. The zero-order valence-corrected chi connectivity index (χ0v) is 37.5. The van der Waals surface area contributed by atoms with Crippen LogP contribution in [0.1, 0.15) is 158 Å². The first-order chi connectivity index (χ1) is 27.6. The Morgan fingerprint density at radius 1 is 0.898 bits per heavy atom. The maximum Gasteiger partial charge on any atom is 0.339 e. The Labute approximate surface area is 353 Å². The molecule has 8 heteroatoms. The standard InChI is InChI=1S/C30H41NO2.C21H30O5/c1-10-31(11-2)22(5)33-28(32)24-14-12-23(13-15-24)21(4)25-19-27-26(18-20(25)3)29(6,7)16-17-30(27,8)9;1-19-7-5-13(23)9-12(19)3-4-14-15-6-8-21(26,17(25)11-22)20(15,2)10-16(24)18(14)19/h12-15,18-19,22H,4,10-11,16-17H2,1-3,5-9H3;9,14-16,18,22,24,26H,3-8,10-11H2,1-2H3/t;14-,15-,16-,18+,19-,20-,21-/m.0/s1. The molecule has 0 aliphatic heterocycles. The van der Waals surface area contributed by atoms with Crippen LogP contribution in [0.2, 0.25) is 0 Å². The number of hydrogen-bond donors (Lipinski definition) is 3. The first-order valence-corrected chi connectivity index (χ1v) is 22.3. The smallest absolute Gasteiger partial charge is 0.339 e. The molecular formula is C51H71NO7. The molecule has 5 aliphatic carbocycles. The lowest BCUT2D eigenvalue weighted by Crippen LogP contribution is -2.62. The summed E-state index contributed by atoms with van der Waals surface area (Å²) in [6.45, 7) is 27.2. The van der Waals surface area contributed by atoms with Gasteiger partial charge in [-0.1, -0.05) is 91.8 Å². The molecule has 322 valence electrons. The van der Waals surface area contributed by atoms with Gasteiger partial charge in [-0.25, -0.2) is 4.79 Å². The lowest BCUT2D eigenvalue weighted by molar-refractivity contribution is -0.182. The summed E-state index contributed by atoms with van der Waals surface area (Å²) in [6, 6.07) is 12.4. The van der Waals surface area contributed by atoms with E-state index in [0.29, 0.717) is 24.8 Å². The van der Waals surface area contributed by atoms with Gasteiger partial charge in [-0.2, -0.15) is 0 Å². The van der Waals surface area contributed by atoms with E-state index >= 15 is 0 Å². The lowest BCUT2D eigenvalue weighted by atomic mass is 9.45. The van der Waals surface area contributed by atoms with Crippen LogP contribution in [-0.2, 0) is 25.2 Å². The van der Waals surface area contributed by atoms with E-state index in [9.17, 15) is 29.7 Å². The van der Waals surface area contributed by atoms with Crippen LogP contribution in [0.4, 0.5) is 0 Å². The number of benzene rings is 2. The van der Waals surface area contributed by atoms with Crippen LogP contribution in [0.15, 0.2) is 54.6 Å². The van der Waals surface area contributed by atoms with Gasteiger partial charge in [-0.3, -0.25) is 14.5 Å². The first kappa shape index (κ1) is 45.1. The van der Waals surface area contributed by atoms with Gasteiger partial charge in [-0.05, 0) is 164 Å². The minimum Gasteiger partial charge on any atom is -0.443 e. The molecule has 0 radical (unpaired) electrons. The number of esters is 1. The van der Waals surface area contributed by atoms with Gasteiger partial charge < -0.3 is 20.1 Å². The second-order valence-electron chi connectivity index (χ2n) is 20.3. The van der Waals surface area contributed by atoms with Crippen molar-refractivity contribution in [2.75, 3.05) is 19.7 Å². The number of rotatable bonds is 9. The molecule has 59 heavy (non-hydrogen) atoms. The van der Waals surface area contributed by atoms with E-state index in [4.69, 9.17) is 4.74 Å². The number of aliphatic hydroxyl groups excluding tert-OH is 2. The topological polar surface area (TPSA) is 124 Å². The predicted molar refractivity (Wildman–Crippen MR) is 234 cm³/mol. The number of ether oxygens (including phenoxy) is 1. The summed E-state index contributed by atoms with van der Waals surface area (Å²) < 4.78 is 5.65. The van der Waals surface area contributed by atoms with Crippen LogP contribution in [0.25, 0.3) is 5.57 Å². The van der Waals surface area contributed by atoms with E-state index in [1.165, 1.54) is 40.7 Å². The third kappa shape index (κ3) is 7.85. The summed E-state index contributed by atoms with van der Waals surface area (Å²) in [6.07, 6.45) is 7.88. The van der Waals surface area contributed by atoms with Gasteiger partial charge in [0.15, 0.2) is 17.8 Å². The number of aliphatic hydroxyl groups is 3. The van der Waals surface area contributed by atoms with Crippen molar-refractivity contribution in [1.29, 1.82) is 0 Å². The van der Waals surface area contributed by atoms with Crippen LogP contribution in [0.5, 0.6) is 0 Å². The number of allylic oxidation sites excluding steroid dienone is 1. The Morgan fingerprint density at radius 3 is 2.08 bits per heavy atom. The molecule has 8 nitrogen and oxygen atoms in total. The molecule has 3 saturated carbocycles. The summed E-state index contributed by atoms with van der Waals surface area (Å²) in [4.78, 5) is 39.0. The fraction of sp³-hybridized carbons (Fsp3) is 0.627. The Bertz CT molecular complexity index is 1990. The molecule has 0 saturated heterocycles. The second-order valence-corrected chi connectivity index (χ2v) is 20.3. The normalized spacial score (nSPS) is 32.0. The molecule has 2 aromatic carbocycles. The largest absolute Gasteiger partial charge is 0.443 e. The quantitative estimate of drug-likeness (QED) is 0.169. The summed E-state index contributed by atoms with van der Waals surface area (Å²) in [5, 5.41) is 31.7. The van der Waals surface area contributed by atoms with E-state index < -0.39 is 29.5 Å². The van der Waals surface area contributed by atoms with Crippen molar-refractivity contribution in [2.45, 2.75) is 156 Å². The molecule has 0 spiro atoms. The van der Waals surface area contributed by atoms with Gasteiger partial charge in [0.25, 0.3) is 0 Å². The van der Waals surface area contributed by atoms with Crippen LogP contribution in [0, 0.1) is 35.5 Å². The van der Waals surface area contributed by atoms with Crippen molar-refractivity contribution in [2.24, 2.45) is 28.6 Å². The highest BCUT2D eigenvalue weighted by Crippen LogP contribution is 2.67. The Morgan fingerprint density at radius 2 is 1.49 bits per heavy atom. The van der Waals surface area contributed by atoms with Crippen molar-refractivity contribution in [1.82, 2.24) is 4.90 Å². The summed E-state index contributed by atoms with van der Waals surface area (Å²) in [5.74, 6) is -0.151. The molecule has 7 rings (SSSR count). The minimum atomic E-state index is -1.54. The number of ketones is 2. The summed E-state index contributed by atoms with van der Waals surface area (Å²) in [5.41, 5.74) is 7.04. The summed E-state index contributed by atoms with van der Waals surface area (Å²) in [7, 11) is 0. The van der Waals surface area contributed by atoms with Gasteiger partial charge in [0.2, 0.25) is 0 Å². The fourth-order valence-corrected chi connectivity index (χ4v) is 12.3. The molecular weight excluding hydrogens is 739 g/mol. The Kier molecular flexibility index (Phi) is 12.6. The van der Waals surface area contributed by atoms with Crippen molar-refractivity contribution in [3.63, 3.8) is 0 Å². The number of aryl methyl sites for hydroxylation is 1. The van der Waals surface area contributed by atoms with E-state index in [1.54, 1.807) is 6.08 Å². The van der Waals surface area contributed by atoms with Crippen molar-refractivity contribution in [3.05, 3.63) is 88.0 Å². The molecule has 5 aliphatic rings. The maximum absolute atomic E-state index is 12.6. The second kappa shape index (κ2) is 16.4. The average molecular weight is 810 g/mol. The zero-order chi connectivity index (χ0) is 43.5. The van der Waals surface area contributed by atoms with Gasteiger partial charge in [0.1, 0.15) is 12.2 Å². The number of carbonyl (C=O) groups is 3. The van der Waals surface area contributed by atoms with E-state index in [1.807, 2.05) is 38.1 Å². The fourth-order valence-electron chi connectivity index (χ4n) is 12.3. The molecule has 1 unspecified atom stereocenters. The zero-order valence-electron chi connectivity index (χ0n) is 37.5. The highest BCUT2D eigenvalue weighted by atomic mass is 16.6. The number of carbonyl (C=O) groups excluding carboxylic acids is 3. The molecule has 3 fully saturated rings. The lowest BCUT2D eigenvalue weighted by Gasteiger charge is -2.60. The average Bonchev–Trinajstić information content (AvgIpc) is 3.46. The highest BCUT2D eigenvalue weighted by Gasteiger charge is 2.68. The van der Waals surface area contributed by atoms with Gasteiger partial charge in [0.05, 0.1) is 11.7 Å². The first-order valence-electron chi connectivity index (χ1n) is 22.3. The maximum atomic E-state index is 12.6. The van der Waals surface area contributed by atoms with Gasteiger partial charge in [-0.15, -0.1) is 0 Å². The molecule has 0 bridgehead atoms. The minimum absolute atomic E-state index is 0.0697. The number of Topliss-reactive ketones (excluding diaryl/α,β-unsaturated/α-hetero) is 1. The van der Waals surface area contributed by atoms with E-state index in [0.717, 1.165) is 49.9 Å². The van der Waals surface area contributed by atoms with Crippen LogP contribution in [0.3, 0.4) is 0 Å². The van der Waals surface area contributed by atoms with Crippen LogP contribution >= 0.6 is 0 Å². The van der Waals surface area contributed by atoms with Gasteiger partial charge in [0, 0.05) is 11.8 Å². The predicted octanol–water partition coefficient (Wildman–Crippen LogP) is 9.03. The molecule has 2 aromatic rings. The molecule has 0 amide bonds. The third-order valence-electron chi connectivity index (χ3n) is 16.2. The van der Waals surface area contributed by atoms with Crippen molar-refractivity contribution >= 4 is 23.1 Å². The Balaban J connectivity index is 0.000000203. The molecule has 8 atom stereocenters. The Hall–Kier alpha value is -3.43. The SMILES string of the molecule is C=C(c1ccc(C(=O)OC(C)N(CC)CC)cc1)c1cc2c(cc1C)C(C)(C)CCC2(C)C.C[C@]12CCC(=O)C=C1CC[C@@H]1[C@@H]2[C@@H](O)C[C@@]2(C)[C@H]1CC[C@]2(O)C(=O)CO. The number of nitrogens with zero attached hydrogens (tertiary/aromatic N) is 1. The molecule has 3 N–H and O–H groups in total. The van der Waals surface area contributed by atoms with Crippen LogP contribution in [-0.4, -0.2) is 75.4 Å². The highest BCUT2D eigenvalue weighted by molar-refractivity contribution is 5.92. The molecule has 0 aromatic heterocycles. The van der Waals surface area contributed by atoms with Crippen molar-refractivity contribution < 1.29 is 34.4 Å².